The van der Waals surface area contributed by atoms with Crippen molar-refractivity contribution in [3.8, 4) is 11.1 Å². The first kappa shape index (κ1) is 30.7. The fourth-order valence-corrected chi connectivity index (χ4v) is 5.41. The second-order valence-electron chi connectivity index (χ2n) is 9.65. The maximum absolute atomic E-state index is 12.5. The second-order valence-corrected chi connectivity index (χ2v) is 11.3. The van der Waals surface area contributed by atoms with Crippen molar-refractivity contribution in [1.82, 2.24) is 4.90 Å². The summed E-state index contributed by atoms with van der Waals surface area (Å²) < 4.78 is 51.2. The van der Waals surface area contributed by atoms with Crippen LogP contribution < -0.4 is 0 Å². The zero-order valence-corrected chi connectivity index (χ0v) is 24.3. The van der Waals surface area contributed by atoms with E-state index in [9.17, 15) is 13.2 Å². The van der Waals surface area contributed by atoms with Gasteiger partial charge in [0.1, 0.15) is 6.61 Å². The van der Waals surface area contributed by atoms with E-state index in [0.717, 1.165) is 5.56 Å². The third-order valence-electron chi connectivity index (χ3n) is 6.74. The summed E-state index contributed by atoms with van der Waals surface area (Å²) in [5.41, 5.74) is 5.71. The van der Waals surface area contributed by atoms with E-state index in [1.54, 1.807) is 19.2 Å². The molecule has 0 saturated carbocycles. The number of hydrogen-bond donors (Lipinski definition) is 0. The molecule has 3 aromatic rings. The molecule has 220 valence electrons. The highest BCUT2D eigenvalue weighted by atomic mass is 32.2. The number of fused-ring (bicyclic) bond motifs is 3. The summed E-state index contributed by atoms with van der Waals surface area (Å²) in [6.45, 7) is 4.36. The summed E-state index contributed by atoms with van der Waals surface area (Å²) in [5.74, 6) is 0.0244. The van der Waals surface area contributed by atoms with Gasteiger partial charge in [-0.2, -0.15) is 8.42 Å². The molecule has 0 atom stereocenters. The minimum absolute atomic E-state index is 0.0244. The van der Waals surface area contributed by atoms with Crippen LogP contribution in [0, 0.1) is 6.92 Å². The van der Waals surface area contributed by atoms with E-state index in [1.165, 1.54) is 39.3 Å². The van der Waals surface area contributed by atoms with Crippen LogP contribution in [-0.4, -0.2) is 85.9 Å². The van der Waals surface area contributed by atoms with Crippen LogP contribution in [-0.2, 0) is 33.2 Å². The molecule has 0 unspecified atom stereocenters. The molecule has 9 nitrogen and oxygen atoms in total. The quantitative estimate of drug-likeness (QED) is 0.178. The third-order valence-corrected chi connectivity index (χ3v) is 8.07. The van der Waals surface area contributed by atoms with Crippen LogP contribution in [0.1, 0.15) is 22.6 Å². The van der Waals surface area contributed by atoms with Crippen LogP contribution in [0.3, 0.4) is 0 Å². The predicted molar refractivity (Wildman–Crippen MR) is 154 cm³/mol. The van der Waals surface area contributed by atoms with Crippen molar-refractivity contribution in [2.75, 3.05) is 66.4 Å². The Morgan fingerprint density at radius 3 is 1.83 bits per heavy atom. The number of hydrogen-bond acceptors (Lipinski definition) is 8. The lowest BCUT2D eigenvalue weighted by molar-refractivity contribution is 0.00686. The Morgan fingerprint density at radius 2 is 1.24 bits per heavy atom. The number of benzene rings is 3. The van der Waals surface area contributed by atoms with Crippen LogP contribution in [0.2, 0.25) is 0 Å². The van der Waals surface area contributed by atoms with Crippen molar-refractivity contribution < 1.29 is 36.3 Å². The normalized spacial score (nSPS) is 12.6. The minimum atomic E-state index is -3.79. The molecule has 0 saturated heterocycles. The smallest absolute Gasteiger partial charge is 0.409 e. The molecule has 0 radical (unpaired) electrons. The summed E-state index contributed by atoms with van der Waals surface area (Å²) in [5, 5.41) is 0. The summed E-state index contributed by atoms with van der Waals surface area (Å²) in [6, 6.07) is 22.9. The van der Waals surface area contributed by atoms with Crippen molar-refractivity contribution >= 4 is 16.2 Å². The molecular formula is C31H37NO8S. The first-order chi connectivity index (χ1) is 19.9. The SMILES string of the molecule is Cc1ccc(S(=O)(=O)OCCOCCOCCOCCN(C)C(=O)OCC2c3ccccc3-c3ccccc32)cc1. The number of carbonyl (C=O) groups is 1. The Hall–Kier alpha value is -3.28. The molecule has 4 rings (SSSR count). The average Bonchev–Trinajstić information content (AvgIpc) is 3.30. The molecule has 1 aliphatic carbocycles. The topological polar surface area (TPSA) is 101 Å². The number of carbonyl (C=O) groups excluding carboxylic acids is 1. The summed E-state index contributed by atoms with van der Waals surface area (Å²) in [7, 11) is -2.10. The standard InChI is InChI=1S/C31H37NO8S/c1-24-11-13-25(14-12-24)41(34,35)40-22-21-38-20-19-37-18-17-36-16-15-32(2)31(33)39-23-30-28-9-5-3-7-26(28)27-8-4-6-10-29(27)30/h3-14,30H,15-23H2,1-2H3. The summed E-state index contributed by atoms with van der Waals surface area (Å²) in [6.07, 6.45) is -0.389. The van der Waals surface area contributed by atoms with Gasteiger partial charge in [-0.25, -0.2) is 4.79 Å². The number of ether oxygens (including phenoxy) is 4. The molecule has 0 aromatic heterocycles. The van der Waals surface area contributed by atoms with Gasteiger partial charge < -0.3 is 23.8 Å². The first-order valence-corrected chi connectivity index (χ1v) is 15.0. The number of nitrogens with zero attached hydrogens (tertiary/aromatic N) is 1. The Kier molecular flexibility index (Phi) is 11.3. The summed E-state index contributed by atoms with van der Waals surface area (Å²) in [4.78, 5) is 14.2. The molecule has 41 heavy (non-hydrogen) atoms. The lowest BCUT2D eigenvalue weighted by atomic mass is 9.98. The van der Waals surface area contributed by atoms with Crippen LogP contribution in [0.5, 0.6) is 0 Å². The third kappa shape index (κ3) is 8.61. The van der Waals surface area contributed by atoms with Gasteiger partial charge in [0, 0.05) is 19.5 Å². The van der Waals surface area contributed by atoms with Gasteiger partial charge in [-0.15, -0.1) is 0 Å². The zero-order chi connectivity index (χ0) is 29.1. The minimum Gasteiger partial charge on any atom is -0.448 e. The van der Waals surface area contributed by atoms with E-state index in [-0.39, 0.29) is 36.7 Å². The molecule has 0 spiro atoms. The predicted octanol–water partition coefficient (Wildman–Crippen LogP) is 4.63. The number of likely N-dealkylation sites (N-methyl/N-ethyl adjacent to an activating group) is 1. The number of aryl methyl sites for hydroxylation is 1. The summed E-state index contributed by atoms with van der Waals surface area (Å²) >= 11 is 0. The van der Waals surface area contributed by atoms with E-state index in [4.69, 9.17) is 23.1 Å². The molecule has 3 aromatic carbocycles. The molecule has 0 bridgehead atoms. The number of amides is 1. The molecule has 0 heterocycles. The lowest BCUT2D eigenvalue weighted by Gasteiger charge is -2.19. The molecule has 10 heteroatoms. The molecule has 0 fully saturated rings. The van der Waals surface area contributed by atoms with Gasteiger partial charge in [0.25, 0.3) is 10.1 Å². The van der Waals surface area contributed by atoms with Gasteiger partial charge in [-0.3, -0.25) is 4.18 Å². The largest absolute Gasteiger partial charge is 0.448 e. The average molecular weight is 584 g/mol. The van der Waals surface area contributed by atoms with Crippen molar-refractivity contribution in [2.24, 2.45) is 0 Å². The lowest BCUT2D eigenvalue weighted by Crippen LogP contribution is -2.32. The van der Waals surface area contributed by atoms with Gasteiger partial charge in [0.05, 0.1) is 51.1 Å². The van der Waals surface area contributed by atoms with Gasteiger partial charge >= 0.3 is 6.09 Å². The maximum Gasteiger partial charge on any atom is 0.409 e. The Labute approximate surface area is 242 Å². The van der Waals surface area contributed by atoms with Gasteiger partial charge in [0.15, 0.2) is 0 Å². The number of rotatable bonds is 16. The molecular weight excluding hydrogens is 546 g/mol. The van der Waals surface area contributed by atoms with E-state index < -0.39 is 10.1 Å². The monoisotopic (exact) mass is 583 g/mol. The van der Waals surface area contributed by atoms with E-state index >= 15 is 0 Å². The van der Waals surface area contributed by atoms with Crippen molar-refractivity contribution in [1.29, 1.82) is 0 Å². The van der Waals surface area contributed by atoms with E-state index in [1.807, 2.05) is 31.2 Å². The van der Waals surface area contributed by atoms with Crippen molar-refractivity contribution in [3.63, 3.8) is 0 Å². The fraction of sp³-hybridized carbons (Fsp3) is 0.387. The maximum atomic E-state index is 12.5. The van der Waals surface area contributed by atoms with Crippen LogP contribution in [0.15, 0.2) is 77.7 Å². The molecule has 0 aliphatic heterocycles. The van der Waals surface area contributed by atoms with E-state index in [0.29, 0.717) is 39.6 Å². The Morgan fingerprint density at radius 1 is 0.732 bits per heavy atom. The second kappa shape index (κ2) is 15.1. The van der Waals surface area contributed by atoms with Crippen molar-refractivity contribution in [2.45, 2.75) is 17.7 Å². The molecule has 1 amide bonds. The van der Waals surface area contributed by atoms with Gasteiger partial charge in [-0.05, 0) is 41.3 Å². The fourth-order valence-electron chi connectivity index (χ4n) is 4.51. The van der Waals surface area contributed by atoms with Crippen LogP contribution in [0.25, 0.3) is 11.1 Å². The Balaban J connectivity index is 1.01. The van der Waals surface area contributed by atoms with Crippen molar-refractivity contribution in [3.05, 3.63) is 89.5 Å². The highest BCUT2D eigenvalue weighted by Gasteiger charge is 2.29. The van der Waals surface area contributed by atoms with Crippen LogP contribution >= 0.6 is 0 Å². The molecule has 0 N–H and O–H groups in total. The van der Waals surface area contributed by atoms with Gasteiger partial charge in [0.2, 0.25) is 0 Å². The molecule has 1 aliphatic rings. The van der Waals surface area contributed by atoms with E-state index in [2.05, 4.69) is 24.3 Å². The highest BCUT2D eigenvalue weighted by Crippen LogP contribution is 2.44. The first-order valence-electron chi connectivity index (χ1n) is 13.6. The van der Waals surface area contributed by atoms with Gasteiger partial charge in [-0.1, -0.05) is 66.2 Å². The highest BCUT2D eigenvalue weighted by molar-refractivity contribution is 7.86. The van der Waals surface area contributed by atoms with Crippen LogP contribution in [0.4, 0.5) is 4.79 Å². The Bertz CT molecular complexity index is 1330. The zero-order valence-electron chi connectivity index (χ0n) is 23.5.